The molecule has 5 heteroatoms. The Balaban J connectivity index is 2.17. The molecule has 0 aliphatic rings. The van der Waals surface area contributed by atoms with Crippen LogP contribution in [0.3, 0.4) is 0 Å². The second-order valence-corrected chi connectivity index (χ2v) is 4.25. The molecule has 110 valence electrons. The Labute approximate surface area is 128 Å². The van der Waals surface area contributed by atoms with Crippen molar-refractivity contribution < 1.29 is 14.2 Å². The van der Waals surface area contributed by atoms with Crippen molar-refractivity contribution in [2.24, 2.45) is 0 Å². The number of hydrogen-bond donors (Lipinski definition) is 0. The zero-order valence-corrected chi connectivity index (χ0v) is 11.9. The van der Waals surface area contributed by atoms with Gasteiger partial charge in [0, 0.05) is 0 Å². The fourth-order valence-corrected chi connectivity index (χ4v) is 1.82. The van der Waals surface area contributed by atoms with Gasteiger partial charge in [-0.15, -0.1) is 0 Å². The molecule has 2 aromatic rings. The van der Waals surface area contributed by atoms with Gasteiger partial charge in [0.2, 0.25) is 5.75 Å². The van der Waals surface area contributed by atoms with E-state index in [4.69, 9.17) is 24.7 Å². The van der Waals surface area contributed by atoms with Gasteiger partial charge >= 0.3 is 0 Å². The Morgan fingerprint density at radius 3 is 2.05 bits per heavy atom. The van der Waals surface area contributed by atoms with Gasteiger partial charge < -0.3 is 14.2 Å². The Bertz CT molecular complexity index is 687. The van der Waals surface area contributed by atoms with E-state index in [1.807, 2.05) is 42.5 Å². The molecule has 0 saturated heterocycles. The summed E-state index contributed by atoms with van der Waals surface area (Å²) >= 11 is 0. The normalized spacial score (nSPS) is 9.36. The van der Waals surface area contributed by atoms with E-state index >= 15 is 0 Å². The highest BCUT2D eigenvalue weighted by Crippen LogP contribution is 2.37. The first-order valence-corrected chi connectivity index (χ1v) is 6.64. The summed E-state index contributed by atoms with van der Waals surface area (Å²) in [7, 11) is 0. The van der Waals surface area contributed by atoms with E-state index < -0.39 is 0 Å². The van der Waals surface area contributed by atoms with E-state index in [0.717, 1.165) is 5.56 Å². The van der Waals surface area contributed by atoms with Gasteiger partial charge in [0.05, 0.1) is 0 Å². The third-order valence-electron chi connectivity index (χ3n) is 2.75. The first-order chi connectivity index (χ1) is 10.8. The number of ether oxygens (including phenoxy) is 3. The first kappa shape index (κ1) is 15.2. The van der Waals surface area contributed by atoms with E-state index in [1.165, 1.54) is 0 Å². The zero-order chi connectivity index (χ0) is 15.6. The minimum Gasteiger partial charge on any atom is -0.485 e. The van der Waals surface area contributed by atoms with Gasteiger partial charge in [-0.3, -0.25) is 0 Å². The molecule has 22 heavy (non-hydrogen) atoms. The minimum atomic E-state index is -0.130. The first-order valence-electron chi connectivity index (χ1n) is 6.64. The average Bonchev–Trinajstić information content (AvgIpc) is 2.57. The highest BCUT2D eigenvalue weighted by atomic mass is 16.5. The maximum absolute atomic E-state index is 8.68. The minimum absolute atomic E-state index is 0.106. The van der Waals surface area contributed by atoms with Crippen LogP contribution in [-0.4, -0.2) is 13.2 Å². The molecule has 0 unspecified atom stereocenters. The van der Waals surface area contributed by atoms with Crippen LogP contribution in [0.1, 0.15) is 5.56 Å². The standard InChI is InChI=1S/C17H14N2O3/c18-9-11-20-15-7-4-8-16(17(15)21-12-10-19)22-13-14-5-2-1-3-6-14/h1-8H,11-13H2. The van der Waals surface area contributed by atoms with Crippen LogP contribution in [0.25, 0.3) is 0 Å². The van der Waals surface area contributed by atoms with Crippen LogP contribution in [0.5, 0.6) is 17.2 Å². The smallest absolute Gasteiger partial charge is 0.204 e. The van der Waals surface area contributed by atoms with E-state index in [2.05, 4.69) is 0 Å². The lowest BCUT2D eigenvalue weighted by atomic mass is 10.2. The van der Waals surface area contributed by atoms with E-state index in [-0.39, 0.29) is 13.2 Å². The van der Waals surface area contributed by atoms with Crippen molar-refractivity contribution in [2.75, 3.05) is 13.2 Å². The van der Waals surface area contributed by atoms with Gasteiger partial charge in [0.25, 0.3) is 0 Å². The van der Waals surface area contributed by atoms with Crippen molar-refractivity contribution in [1.29, 1.82) is 10.5 Å². The van der Waals surface area contributed by atoms with Gasteiger partial charge in [-0.1, -0.05) is 36.4 Å². The summed E-state index contributed by atoms with van der Waals surface area (Å²) in [6.45, 7) is 0.130. The molecule has 0 saturated carbocycles. The molecule has 0 spiro atoms. The maximum atomic E-state index is 8.68. The topological polar surface area (TPSA) is 75.3 Å². The summed E-state index contributed by atoms with van der Waals surface area (Å²) in [5.41, 5.74) is 1.01. The molecule has 0 amide bonds. The number of rotatable bonds is 7. The quantitative estimate of drug-likeness (QED) is 0.784. The average molecular weight is 294 g/mol. The zero-order valence-electron chi connectivity index (χ0n) is 11.9. The van der Waals surface area contributed by atoms with Crippen LogP contribution in [0, 0.1) is 22.7 Å². The second-order valence-electron chi connectivity index (χ2n) is 4.25. The van der Waals surface area contributed by atoms with Crippen molar-refractivity contribution in [3.8, 4) is 29.4 Å². The second kappa shape index (κ2) is 8.18. The predicted octanol–water partition coefficient (Wildman–Crippen LogP) is 3.07. The SMILES string of the molecule is N#CCOc1cccc(OCc2ccccc2)c1OCC#N. The summed E-state index contributed by atoms with van der Waals surface area (Å²) < 4.78 is 16.4. The molecule has 0 atom stereocenters. The van der Waals surface area contributed by atoms with Crippen LogP contribution in [-0.2, 0) is 6.61 Å². The van der Waals surface area contributed by atoms with Gasteiger partial charge in [0.15, 0.2) is 24.7 Å². The summed E-state index contributed by atoms with van der Waals surface area (Å²) in [5.74, 6) is 1.17. The fourth-order valence-electron chi connectivity index (χ4n) is 1.82. The largest absolute Gasteiger partial charge is 0.485 e. The summed E-state index contributed by atoms with van der Waals surface area (Å²) in [6, 6.07) is 18.6. The molecule has 5 nitrogen and oxygen atoms in total. The fraction of sp³-hybridized carbons (Fsp3) is 0.176. The number of nitrogens with zero attached hydrogens (tertiary/aromatic N) is 2. The molecule has 0 aromatic heterocycles. The Morgan fingerprint density at radius 2 is 1.36 bits per heavy atom. The van der Waals surface area contributed by atoms with Crippen molar-refractivity contribution >= 4 is 0 Å². The molecule has 2 aromatic carbocycles. The highest BCUT2D eigenvalue weighted by molar-refractivity contribution is 5.51. The molecule has 0 aliphatic heterocycles. The van der Waals surface area contributed by atoms with Crippen LogP contribution in [0.2, 0.25) is 0 Å². The van der Waals surface area contributed by atoms with E-state index in [1.54, 1.807) is 18.2 Å². The predicted molar refractivity (Wildman–Crippen MR) is 79.4 cm³/mol. The van der Waals surface area contributed by atoms with Crippen molar-refractivity contribution in [1.82, 2.24) is 0 Å². The molecule has 0 bridgehead atoms. The van der Waals surface area contributed by atoms with E-state index in [0.29, 0.717) is 23.9 Å². The van der Waals surface area contributed by atoms with E-state index in [9.17, 15) is 0 Å². The summed E-state index contributed by atoms with van der Waals surface area (Å²) in [4.78, 5) is 0. The lowest BCUT2D eigenvalue weighted by Crippen LogP contribution is -2.03. The molecule has 0 N–H and O–H groups in total. The van der Waals surface area contributed by atoms with Crippen molar-refractivity contribution in [3.05, 3.63) is 54.1 Å². The van der Waals surface area contributed by atoms with Crippen molar-refractivity contribution in [2.45, 2.75) is 6.61 Å². The monoisotopic (exact) mass is 294 g/mol. The van der Waals surface area contributed by atoms with Gasteiger partial charge in [-0.25, -0.2) is 0 Å². The third-order valence-corrected chi connectivity index (χ3v) is 2.75. The molecular formula is C17H14N2O3. The van der Waals surface area contributed by atoms with Gasteiger partial charge in [-0.2, -0.15) is 10.5 Å². The lowest BCUT2D eigenvalue weighted by molar-refractivity contribution is 0.262. The maximum Gasteiger partial charge on any atom is 0.204 e. The molecule has 0 aliphatic carbocycles. The Morgan fingerprint density at radius 1 is 0.727 bits per heavy atom. The van der Waals surface area contributed by atoms with Crippen LogP contribution in [0.15, 0.2) is 48.5 Å². The van der Waals surface area contributed by atoms with Gasteiger partial charge in [0.1, 0.15) is 18.7 Å². The number of benzene rings is 2. The molecular weight excluding hydrogens is 280 g/mol. The molecule has 0 fully saturated rings. The number of para-hydroxylation sites is 1. The van der Waals surface area contributed by atoms with Crippen LogP contribution < -0.4 is 14.2 Å². The molecule has 0 heterocycles. The third kappa shape index (κ3) is 4.16. The van der Waals surface area contributed by atoms with Gasteiger partial charge in [-0.05, 0) is 17.7 Å². The Kier molecular flexibility index (Phi) is 5.66. The van der Waals surface area contributed by atoms with Crippen molar-refractivity contribution in [3.63, 3.8) is 0 Å². The Hall–Kier alpha value is -3.18. The lowest BCUT2D eigenvalue weighted by Gasteiger charge is -2.14. The van der Waals surface area contributed by atoms with Crippen LogP contribution in [0.4, 0.5) is 0 Å². The molecule has 0 radical (unpaired) electrons. The summed E-state index contributed by atoms with van der Waals surface area (Å²) in [5, 5.41) is 17.3. The van der Waals surface area contributed by atoms with Crippen LogP contribution >= 0.6 is 0 Å². The number of nitriles is 2. The highest BCUT2D eigenvalue weighted by Gasteiger charge is 2.13. The number of hydrogen-bond acceptors (Lipinski definition) is 5. The summed E-state index contributed by atoms with van der Waals surface area (Å²) in [6.07, 6.45) is 0. The molecule has 2 rings (SSSR count).